The first-order valence-corrected chi connectivity index (χ1v) is 24.4. The molecule has 1 fully saturated rings. The van der Waals surface area contributed by atoms with E-state index in [2.05, 4.69) is 36.6 Å². The second kappa shape index (κ2) is 23.0. The van der Waals surface area contributed by atoms with Crippen LogP contribution in [0.25, 0.3) is 20.5 Å². The Balaban J connectivity index is 0.823. The number of hydrogen-bond donors (Lipinski definition) is 5. The lowest BCUT2D eigenvalue weighted by Crippen LogP contribution is -2.57. The molecule has 7 rings (SSSR count). The van der Waals surface area contributed by atoms with Gasteiger partial charge in [0.25, 0.3) is 11.8 Å². The van der Waals surface area contributed by atoms with Crippen molar-refractivity contribution in [3.63, 3.8) is 0 Å². The number of pyridine rings is 1. The number of thiazole rings is 1. The summed E-state index contributed by atoms with van der Waals surface area (Å²) < 4.78 is 12.3. The Hall–Kier alpha value is -6.53. The Morgan fingerprint density at radius 1 is 0.838 bits per heavy atom. The number of amides is 5. The lowest BCUT2D eigenvalue weighted by molar-refractivity contribution is -0.144. The van der Waals surface area contributed by atoms with Crippen LogP contribution >= 0.6 is 22.7 Å². The number of para-hydroxylation sites is 1. The predicted molar refractivity (Wildman–Crippen MR) is 267 cm³/mol. The van der Waals surface area contributed by atoms with Gasteiger partial charge in [0.05, 0.1) is 59.3 Å². The molecule has 2 atom stereocenters. The molecular formula is C51H58N8O7S2. The number of aromatic nitrogens is 2. The molecule has 5 N–H and O–H groups in total. The molecule has 0 bridgehead atoms. The number of hydrogen-bond acceptors (Lipinski definition) is 12. The molecular weight excluding hydrogens is 901 g/mol. The van der Waals surface area contributed by atoms with Crippen LogP contribution in [0.15, 0.2) is 96.0 Å². The first kappa shape index (κ1) is 49.4. The van der Waals surface area contributed by atoms with E-state index < -0.39 is 23.4 Å². The fraction of sp³-hybridized carbons (Fsp3) is 0.353. The molecule has 0 aliphatic carbocycles. The minimum absolute atomic E-state index is 0.0286. The van der Waals surface area contributed by atoms with Crippen LogP contribution in [-0.2, 0) is 30.4 Å². The van der Waals surface area contributed by atoms with E-state index in [9.17, 15) is 24.0 Å². The van der Waals surface area contributed by atoms with Crippen LogP contribution < -0.4 is 26.6 Å². The normalized spacial score (nSPS) is 14.1. The van der Waals surface area contributed by atoms with Crippen molar-refractivity contribution in [2.45, 2.75) is 72.5 Å². The van der Waals surface area contributed by atoms with E-state index in [1.54, 1.807) is 22.3 Å². The second-order valence-electron chi connectivity index (χ2n) is 17.6. The van der Waals surface area contributed by atoms with Gasteiger partial charge in [0.1, 0.15) is 12.1 Å². The first-order valence-electron chi connectivity index (χ1n) is 22.7. The maximum atomic E-state index is 14.0. The van der Waals surface area contributed by atoms with Gasteiger partial charge < -0.3 is 41.0 Å². The molecule has 4 heterocycles. The van der Waals surface area contributed by atoms with Crippen LogP contribution in [0.3, 0.4) is 0 Å². The number of rotatable bonds is 20. The quantitative estimate of drug-likeness (QED) is 0.0468. The van der Waals surface area contributed by atoms with Gasteiger partial charge in [-0.15, -0.1) is 22.7 Å². The average Bonchev–Trinajstić information content (AvgIpc) is 4.11. The van der Waals surface area contributed by atoms with E-state index >= 15 is 0 Å². The molecule has 6 aromatic rings. The highest BCUT2D eigenvalue weighted by Crippen LogP contribution is 2.31. The number of thiophene rings is 1. The highest BCUT2D eigenvalue weighted by molar-refractivity contribution is 7.17. The van der Waals surface area contributed by atoms with Crippen molar-refractivity contribution in [3.05, 3.63) is 124 Å². The lowest BCUT2D eigenvalue weighted by atomic mass is 9.85. The highest BCUT2D eigenvalue weighted by atomic mass is 32.1. The monoisotopic (exact) mass is 958 g/mol. The molecule has 5 amide bonds. The fourth-order valence-electron chi connectivity index (χ4n) is 7.80. The van der Waals surface area contributed by atoms with Crippen LogP contribution in [0.4, 0.5) is 17.2 Å². The van der Waals surface area contributed by atoms with Crippen LogP contribution in [0, 0.1) is 19.3 Å². The number of nitrogens with one attached hydrogen (secondary N) is 5. The Morgan fingerprint density at radius 2 is 1.59 bits per heavy atom. The summed E-state index contributed by atoms with van der Waals surface area (Å²) in [4.78, 5) is 78.8. The van der Waals surface area contributed by atoms with Crippen LogP contribution in [-0.4, -0.2) is 96.0 Å². The van der Waals surface area contributed by atoms with Crippen molar-refractivity contribution in [3.8, 4) is 10.4 Å². The van der Waals surface area contributed by atoms with Crippen molar-refractivity contribution in [1.82, 2.24) is 30.8 Å². The number of aryl methyl sites for hydroxylation is 2. The standard InChI is InChI=1S/C51H58N8O7S2/c1-32-11-6-8-13-39(32)56-46-40(57-48(62)38-30-67-42-15-9-7-12-37(38)42)27-36(29-53-46)47(61)52-21-24-66-26-25-65-23-20-43(60)58-45(51(3,4)5)50(64)59-22-10-14-41(59)49(63)54-28-34-16-18-35(19-17-34)44-33(2)55-31-68-44/h6-9,11-13,15-19,27,29-31,41,45H,10,14,20-26,28H2,1-5H3,(H,52,61)(H,53,56)(H,54,63)(H,57,62)(H,58,60). The molecule has 17 heteroatoms. The van der Waals surface area contributed by atoms with Gasteiger partial charge in [-0.2, -0.15) is 0 Å². The topological polar surface area (TPSA) is 193 Å². The molecule has 0 radical (unpaired) electrons. The van der Waals surface area contributed by atoms with Crippen molar-refractivity contribution in [1.29, 1.82) is 0 Å². The molecule has 3 aromatic heterocycles. The number of ether oxygens (including phenoxy) is 2. The number of nitrogens with zero attached hydrogens (tertiary/aromatic N) is 3. The van der Waals surface area contributed by atoms with Gasteiger partial charge in [0.15, 0.2) is 5.82 Å². The Kier molecular flexibility index (Phi) is 16.7. The Morgan fingerprint density at radius 3 is 2.34 bits per heavy atom. The summed E-state index contributed by atoms with van der Waals surface area (Å²) in [5.41, 5.74) is 7.14. The van der Waals surface area contributed by atoms with E-state index in [0.717, 1.165) is 43.0 Å². The summed E-state index contributed by atoms with van der Waals surface area (Å²) >= 11 is 3.07. The molecule has 3 aromatic carbocycles. The van der Waals surface area contributed by atoms with Crippen LogP contribution in [0.2, 0.25) is 0 Å². The van der Waals surface area contributed by atoms with Crippen molar-refractivity contribution < 1.29 is 33.4 Å². The fourth-order valence-corrected chi connectivity index (χ4v) is 9.56. The van der Waals surface area contributed by atoms with Crippen LogP contribution in [0.1, 0.15) is 77.6 Å². The number of carbonyl (C=O) groups excluding carboxylic acids is 5. The zero-order valence-electron chi connectivity index (χ0n) is 39.0. The minimum atomic E-state index is -0.842. The second-order valence-corrected chi connectivity index (χ2v) is 19.4. The summed E-state index contributed by atoms with van der Waals surface area (Å²) in [5, 5.41) is 17.7. The largest absolute Gasteiger partial charge is 0.379 e. The van der Waals surface area contributed by atoms with Gasteiger partial charge in [0.2, 0.25) is 17.7 Å². The van der Waals surface area contributed by atoms with Crippen molar-refractivity contribution in [2.75, 3.05) is 50.2 Å². The average molecular weight is 959 g/mol. The third-order valence-electron chi connectivity index (χ3n) is 11.6. The van der Waals surface area contributed by atoms with Gasteiger partial charge in [-0.1, -0.05) is 81.4 Å². The third kappa shape index (κ3) is 12.7. The molecule has 0 saturated carbocycles. The minimum Gasteiger partial charge on any atom is -0.379 e. The van der Waals surface area contributed by atoms with Gasteiger partial charge >= 0.3 is 0 Å². The number of likely N-dealkylation sites (tertiary alicyclic amines) is 1. The van der Waals surface area contributed by atoms with Crippen LogP contribution in [0.5, 0.6) is 0 Å². The van der Waals surface area contributed by atoms with E-state index in [0.29, 0.717) is 43.0 Å². The van der Waals surface area contributed by atoms with E-state index in [-0.39, 0.29) is 68.6 Å². The molecule has 68 heavy (non-hydrogen) atoms. The number of carbonyl (C=O) groups is 5. The summed E-state index contributed by atoms with van der Waals surface area (Å²) in [6.07, 6.45) is 2.71. The highest BCUT2D eigenvalue weighted by Gasteiger charge is 2.41. The molecule has 356 valence electrons. The van der Waals surface area contributed by atoms with E-state index in [1.165, 1.54) is 17.5 Å². The molecule has 1 saturated heterocycles. The molecule has 0 spiro atoms. The summed E-state index contributed by atoms with van der Waals surface area (Å²) in [6.45, 7) is 11.3. The zero-order valence-corrected chi connectivity index (χ0v) is 40.6. The maximum absolute atomic E-state index is 14.0. The summed E-state index contributed by atoms with van der Waals surface area (Å²) in [5.74, 6) is -1.16. The van der Waals surface area contributed by atoms with Gasteiger partial charge in [-0.25, -0.2) is 9.97 Å². The Labute approximate surface area is 404 Å². The third-order valence-corrected chi connectivity index (χ3v) is 13.5. The van der Waals surface area contributed by atoms with Gasteiger partial charge in [-0.05, 0) is 67.0 Å². The number of benzene rings is 3. The summed E-state index contributed by atoms with van der Waals surface area (Å²) in [6, 6.07) is 23.5. The number of anilines is 3. The maximum Gasteiger partial charge on any atom is 0.257 e. The number of fused-ring (bicyclic) bond motifs is 1. The van der Waals surface area contributed by atoms with E-state index in [4.69, 9.17) is 9.47 Å². The summed E-state index contributed by atoms with van der Waals surface area (Å²) in [7, 11) is 0. The van der Waals surface area contributed by atoms with Crippen molar-refractivity contribution in [2.24, 2.45) is 5.41 Å². The SMILES string of the molecule is Cc1ccccc1Nc1ncc(C(=O)NCCOCCOCCC(=O)NC(C(=O)N2CCCC2C(=O)NCc2ccc(-c3scnc3C)cc2)C(C)(C)C)cc1NC(=O)c1csc2ccccc12. The zero-order chi connectivity index (χ0) is 48.2. The first-order chi connectivity index (χ1) is 32.8. The van der Waals surface area contributed by atoms with E-state index in [1.807, 2.05) is 118 Å². The molecule has 2 unspecified atom stereocenters. The molecule has 1 aliphatic heterocycles. The van der Waals surface area contributed by atoms with Gasteiger partial charge in [-0.3, -0.25) is 24.0 Å². The smallest absolute Gasteiger partial charge is 0.257 e. The molecule has 1 aliphatic rings. The molecule has 15 nitrogen and oxygen atoms in total. The lowest BCUT2D eigenvalue weighted by Gasteiger charge is -2.35. The predicted octanol–water partition coefficient (Wildman–Crippen LogP) is 8.02. The Bertz CT molecular complexity index is 2730. The van der Waals surface area contributed by atoms with Crippen molar-refractivity contribution >= 4 is 79.5 Å². The van der Waals surface area contributed by atoms with Gasteiger partial charge in [0, 0.05) is 53.4 Å².